The highest BCUT2D eigenvalue weighted by molar-refractivity contribution is 6.30. The molecule has 4 heteroatoms. The third-order valence-corrected chi connectivity index (χ3v) is 6.21. The van der Waals surface area contributed by atoms with Gasteiger partial charge in [-0.05, 0) is 47.7 Å². The minimum atomic E-state index is -0.0561. The van der Waals surface area contributed by atoms with Crippen LogP contribution in [0.25, 0.3) is 10.9 Å². The minimum absolute atomic E-state index is 0.0561. The molecule has 0 aliphatic heterocycles. The van der Waals surface area contributed by atoms with Gasteiger partial charge in [0.1, 0.15) is 0 Å². The predicted molar refractivity (Wildman–Crippen MR) is 127 cm³/mol. The number of hydrogen-bond donors (Lipinski definition) is 1. The van der Waals surface area contributed by atoms with Crippen LogP contribution in [0.15, 0.2) is 85.1 Å². The standard InChI is InChI=1S/C27H25ClN2O/c28-21-10-6-9-20(15-21)24(16-27(31)29-22-13-14-22)25-18-30(17-19-7-2-1-3-8-19)26-12-5-4-11-23(25)26/h1-12,15,18,22,24H,13-14,16-17H2,(H,29,31). The lowest BCUT2D eigenvalue weighted by molar-refractivity contribution is -0.121. The second kappa shape index (κ2) is 8.60. The molecule has 1 amide bonds. The molecule has 1 aliphatic carbocycles. The smallest absolute Gasteiger partial charge is 0.221 e. The van der Waals surface area contributed by atoms with Crippen LogP contribution in [0.4, 0.5) is 0 Å². The van der Waals surface area contributed by atoms with Gasteiger partial charge in [-0.15, -0.1) is 0 Å². The van der Waals surface area contributed by atoms with Crippen molar-refractivity contribution in [2.45, 2.75) is 37.8 Å². The Labute approximate surface area is 187 Å². The lowest BCUT2D eigenvalue weighted by Gasteiger charge is -2.17. The number of hydrogen-bond acceptors (Lipinski definition) is 1. The zero-order valence-electron chi connectivity index (χ0n) is 17.3. The second-order valence-corrected chi connectivity index (χ2v) is 8.81. The van der Waals surface area contributed by atoms with Crippen LogP contribution in [0.3, 0.4) is 0 Å². The Bertz CT molecular complexity index is 1210. The van der Waals surface area contributed by atoms with E-state index in [1.807, 2.05) is 24.3 Å². The fourth-order valence-electron chi connectivity index (χ4n) is 4.29. The Morgan fingerprint density at radius 3 is 2.55 bits per heavy atom. The summed E-state index contributed by atoms with van der Waals surface area (Å²) in [6.45, 7) is 0.790. The van der Waals surface area contributed by atoms with Crippen LogP contribution < -0.4 is 5.32 Å². The van der Waals surface area contributed by atoms with E-state index in [-0.39, 0.29) is 11.8 Å². The molecule has 5 rings (SSSR count). The molecule has 4 aromatic rings. The fourth-order valence-corrected chi connectivity index (χ4v) is 4.49. The minimum Gasteiger partial charge on any atom is -0.353 e. The van der Waals surface area contributed by atoms with Crippen molar-refractivity contribution in [1.82, 2.24) is 9.88 Å². The van der Waals surface area contributed by atoms with E-state index in [1.54, 1.807) is 0 Å². The first-order valence-corrected chi connectivity index (χ1v) is 11.2. The summed E-state index contributed by atoms with van der Waals surface area (Å²) in [7, 11) is 0. The lowest BCUT2D eigenvalue weighted by Crippen LogP contribution is -2.27. The van der Waals surface area contributed by atoms with Crippen molar-refractivity contribution in [1.29, 1.82) is 0 Å². The number of benzene rings is 3. The highest BCUT2D eigenvalue weighted by atomic mass is 35.5. The topological polar surface area (TPSA) is 34.0 Å². The number of para-hydroxylation sites is 1. The van der Waals surface area contributed by atoms with Gasteiger partial charge >= 0.3 is 0 Å². The molecule has 0 saturated heterocycles. The second-order valence-electron chi connectivity index (χ2n) is 8.37. The van der Waals surface area contributed by atoms with Gasteiger partial charge in [0, 0.05) is 47.0 Å². The number of rotatable bonds is 7. The van der Waals surface area contributed by atoms with Gasteiger partial charge in [0.2, 0.25) is 5.91 Å². The molecule has 1 saturated carbocycles. The molecule has 1 N–H and O–H groups in total. The van der Waals surface area contributed by atoms with Crippen molar-refractivity contribution in [2.24, 2.45) is 0 Å². The Morgan fingerprint density at radius 2 is 1.77 bits per heavy atom. The molecule has 1 unspecified atom stereocenters. The Balaban J connectivity index is 1.57. The molecule has 1 heterocycles. The number of nitrogens with one attached hydrogen (secondary N) is 1. The maximum atomic E-state index is 12.8. The summed E-state index contributed by atoms with van der Waals surface area (Å²) in [6.07, 6.45) is 4.80. The molecule has 1 aromatic heterocycles. The van der Waals surface area contributed by atoms with E-state index < -0.39 is 0 Å². The maximum Gasteiger partial charge on any atom is 0.221 e. The monoisotopic (exact) mass is 428 g/mol. The van der Waals surface area contributed by atoms with Crippen molar-refractivity contribution >= 4 is 28.4 Å². The van der Waals surface area contributed by atoms with Gasteiger partial charge in [-0.25, -0.2) is 0 Å². The summed E-state index contributed by atoms with van der Waals surface area (Å²) >= 11 is 6.33. The van der Waals surface area contributed by atoms with E-state index in [2.05, 4.69) is 70.7 Å². The normalized spacial score (nSPS) is 14.5. The Hall–Kier alpha value is -3.04. The summed E-state index contributed by atoms with van der Waals surface area (Å²) in [5.41, 5.74) is 4.66. The van der Waals surface area contributed by atoms with E-state index in [4.69, 9.17) is 11.6 Å². The number of halogens is 1. The quantitative estimate of drug-likeness (QED) is 0.376. The Kier molecular flexibility index (Phi) is 5.52. The third-order valence-electron chi connectivity index (χ3n) is 5.97. The van der Waals surface area contributed by atoms with Gasteiger partial charge in [0.05, 0.1) is 0 Å². The lowest BCUT2D eigenvalue weighted by atomic mass is 9.88. The van der Waals surface area contributed by atoms with Crippen LogP contribution in [0.5, 0.6) is 0 Å². The first kappa shape index (κ1) is 19.9. The van der Waals surface area contributed by atoms with Crippen molar-refractivity contribution in [3.8, 4) is 0 Å². The van der Waals surface area contributed by atoms with Gasteiger partial charge in [-0.1, -0.05) is 72.3 Å². The highest BCUT2D eigenvalue weighted by Gasteiger charge is 2.27. The van der Waals surface area contributed by atoms with E-state index >= 15 is 0 Å². The maximum absolute atomic E-state index is 12.8. The number of amides is 1. The molecular formula is C27H25ClN2O. The SMILES string of the molecule is O=C(CC(c1cccc(Cl)c1)c1cn(Cc2ccccc2)c2ccccc12)NC1CC1. The van der Waals surface area contributed by atoms with E-state index in [9.17, 15) is 4.79 Å². The van der Waals surface area contributed by atoms with Gasteiger partial charge < -0.3 is 9.88 Å². The summed E-state index contributed by atoms with van der Waals surface area (Å²) in [6, 6.07) is 27.2. The number of nitrogens with zero attached hydrogens (tertiary/aromatic N) is 1. The van der Waals surface area contributed by atoms with E-state index in [0.717, 1.165) is 24.9 Å². The van der Waals surface area contributed by atoms with E-state index in [1.165, 1.54) is 22.0 Å². The summed E-state index contributed by atoms with van der Waals surface area (Å²) < 4.78 is 2.29. The number of fused-ring (bicyclic) bond motifs is 1. The van der Waals surface area contributed by atoms with Crippen LogP contribution >= 0.6 is 11.6 Å². The molecule has 3 aromatic carbocycles. The first-order valence-electron chi connectivity index (χ1n) is 10.8. The Morgan fingerprint density at radius 1 is 1.00 bits per heavy atom. The molecule has 156 valence electrons. The molecule has 1 aliphatic rings. The van der Waals surface area contributed by atoms with Gasteiger partial charge in [0.25, 0.3) is 0 Å². The third kappa shape index (κ3) is 4.52. The van der Waals surface area contributed by atoms with Crippen molar-refractivity contribution in [3.05, 3.63) is 107 Å². The molecular weight excluding hydrogens is 404 g/mol. The van der Waals surface area contributed by atoms with Crippen LogP contribution in [0, 0.1) is 0 Å². The average Bonchev–Trinajstić information content (AvgIpc) is 3.53. The number of aromatic nitrogens is 1. The van der Waals surface area contributed by atoms with Crippen molar-refractivity contribution in [2.75, 3.05) is 0 Å². The largest absolute Gasteiger partial charge is 0.353 e. The van der Waals surface area contributed by atoms with Crippen LogP contribution in [0.1, 0.15) is 41.9 Å². The van der Waals surface area contributed by atoms with Crippen LogP contribution in [0.2, 0.25) is 5.02 Å². The summed E-state index contributed by atoms with van der Waals surface area (Å²) in [5.74, 6) is 0.0479. The number of carbonyl (C=O) groups is 1. The molecule has 31 heavy (non-hydrogen) atoms. The molecule has 1 fully saturated rings. The van der Waals surface area contributed by atoms with Crippen molar-refractivity contribution in [3.63, 3.8) is 0 Å². The first-order chi connectivity index (χ1) is 15.2. The molecule has 0 bridgehead atoms. The molecule has 0 radical (unpaired) electrons. The molecule has 0 spiro atoms. The van der Waals surface area contributed by atoms with Crippen LogP contribution in [-0.4, -0.2) is 16.5 Å². The van der Waals surface area contributed by atoms with Gasteiger partial charge in [-0.2, -0.15) is 0 Å². The summed E-state index contributed by atoms with van der Waals surface area (Å²) in [5, 5.41) is 5.03. The molecule has 1 atom stereocenters. The van der Waals surface area contributed by atoms with Gasteiger partial charge in [-0.3, -0.25) is 4.79 Å². The highest BCUT2D eigenvalue weighted by Crippen LogP contribution is 2.36. The molecule has 3 nitrogen and oxygen atoms in total. The van der Waals surface area contributed by atoms with E-state index in [0.29, 0.717) is 17.5 Å². The number of carbonyl (C=O) groups excluding carboxylic acids is 1. The predicted octanol–water partition coefficient (Wildman–Crippen LogP) is 6.14. The summed E-state index contributed by atoms with van der Waals surface area (Å²) in [4.78, 5) is 12.8. The average molecular weight is 429 g/mol. The van der Waals surface area contributed by atoms with Crippen LogP contribution in [-0.2, 0) is 11.3 Å². The zero-order valence-corrected chi connectivity index (χ0v) is 18.1. The zero-order chi connectivity index (χ0) is 21.2. The van der Waals surface area contributed by atoms with Crippen molar-refractivity contribution < 1.29 is 4.79 Å². The fraction of sp³-hybridized carbons (Fsp3) is 0.222. The van der Waals surface area contributed by atoms with Gasteiger partial charge in [0.15, 0.2) is 0 Å².